The highest BCUT2D eigenvalue weighted by molar-refractivity contribution is 5.94. The second kappa shape index (κ2) is 6.65. The molecule has 1 aliphatic heterocycles. The van der Waals surface area contributed by atoms with Crippen molar-refractivity contribution in [2.75, 3.05) is 26.2 Å². The van der Waals surface area contributed by atoms with Crippen molar-refractivity contribution in [2.45, 2.75) is 37.5 Å². The molecule has 6 nitrogen and oxygen atoms in total. The van der Waals surface area contributed by atoms with E-state index in [9.17, 15) is 22.8 Å². The molecule has 2 saturated carbocycles. The fourth-order valence-electron chi connectivity index (χ4n) is 4.24. The molecule has 0 aromatic heterocycles. The van der Waals surface area contributed by atoms with E-state index < -0.39 is 11.7 Å². The van der Waals surface area contributed by atoms with Crippen LogP contribution in [0.2, 0.25) is 0 Å². The highest BCUT2D eigenvalue weighted by atomic mass is 19.4. The Kier molecular flexibility index (Phi) is 4.52. The number of nitrogens with one attached hydrogen (secondary N) is 1. The zero-order chi connectivity index (χ0) is 20.1. The molecule has 1 atom stereocenters. The molecule has 1 heterocycles. The average Bonchev–Trinajstić information content (AvgIpc) is 3.31. The van der Waals surface area contributed by atoms with E-state index in [2.05, 4.69) is 5.32 Å². The van der Waals surface area contributed by atoms with Crippen LogP contribution in [-0.2, 0) is 6.18 Å². The van der Waals surface area contributed by atoms with Crippen molar-refractivity contribution in [3.05, 3.63) is 35.4 Å². The highest BCUT2D eigenvalue weighted by Crippen LogP contribution is 2.59. The van der Waals surface area contributed by atoms with Gasteiger partial charge >= 0.3 is 12.2 Å². The number of carbonyl (C=O) groups is 2. The summed E-state index contributed by atoms with van der Waals surface area (Å²) in [6, 6.07) is 4.53. The predicted molar refractivity (Wildman–Crippen MR) is 95.5 cm³/mol. The first-order valence-corrected chi connectivity index (χ1v) is 9.45. The third-order valence-corrected chi connectivity index (χ3v) is 6.20. The Balaban J connectivity index is 1.25. The van der Waals surface area contributed by atoms with Crippen LogP contribution in [0.1, 0.15) is 35.2 Å². The van der Waals surface area contributed by atoms with Crippen molar-refractivity contribution in [3.8, 4) is 0 Å². The number of hydrogen-bond donors (Lipinski definition) is 2. The number of halogens is 3. The lowest BCUT2D eigenvalue weighted by Gasteiger charge is -2.40. The maximum absolute atomic E-state index is 12.6. The summed E-state index contributed by atoms with van der Waals surface area (Å²) in [4.78, 5) is 28.1. The first kappa shape index (κ1) is 19.0. The van der Waals surface area contributed by atoms with E-state index in [1.807, 2.05) is 0 Å². The molecule has 3 N–H and O–H groups in total. The summed E-state index contributed by atoms with van der Waals surface area (Å²) in [7, 11) is 0. The minimum Gasteiger partial charge on any atom is -0.335 e. The highest BCUT2D eigenvalue weighted by Gasteiger charge is 2.60. The molecular weight excluding hydrogens is 373 g/mol. The van der Waals surface area contributed by atoms with Crippen LogP contribution in [0.3, 0.4) is 0 Å². The van der Waals surface area contributed by atoms with E-state index >= 15 is 0 Å². The molecule has 1 spiro atoms. The maximum atomic E-state index is 12.6. The molecular formula is C19H23F3N4O2. The number of hydrogen-bond acceptors (Lipinski definition) is 3. The number of nitrogens with two attached hydrogens (primary N) is 1. The molecule has 1 unspecified atom stereocenters. The smallest absolute Gasteiger partial charge is 0.335 e. The molecule has 3 fully saturated rings. The number of rotatable bonds is 2. The van der Waals surface area contributed by atoms with Crippen LogP contribution < -0.4 is 11.1 Å². The Hall–Kier alpha value is -2.29. The molecule has 3 amide bonds. The number of piperazine rings is 1. The van der Waals surface area contributed by atoms with E-state index in [0.717, 1.165) is 31.4 Å². The molecule has 9 heteroatoms. The van der Waals surface area contributed by atoms with Crippen LogP contribution in [-0.4, -0.2) is 60.0 Å². The van der Waals surface area contributed by atoms with Crippen LogP contribution in [0.25, 0.3) is 0 Å². The Morgan fingerprint density at radius 2 is 1.54 bits per heavy atom. The van der Waals surface area contributed by atoms with Gasteiger partial charge in [-0.2, -0.15) is 13.2 Å². The van der Waals surface area contributed by atoms with E-state index in [0.29, 0.717) is 26.2 Å². The first-order chi connectivity index (χ1) is 13.2. The number of alkyl halides is 3. The zero-order valence-electron chi connectivity index (χ0n) is 15.3. The van der Waals surface area contributed by atoms with Crippen LogP contribution >= 0.6 is 0 Å². The number of benzene rings is 1. The van der Waals surface area contributed by atoms with E-state index in [1.165, 1.54) is 12.1 Å². The molecule has 0 bridgehead atoms. The van der Waals surface area contributed by atoms with Gasteiger partial charge in [-0.3, -0.25) is 4.79 Å². The molecule has 28 heavy (non-hydrogen) atoms. The van der Waals surface area contributed by atoms with E-state index in [1.54, 1.807) is 9.80 Å². The van der Waals surface area contributed by atoms with E-state index in [-0.39, 0.29) is 35.0 Å². The number of urea groups is 1. The number of carbonyl (C=O) groups excluding carboxylic acids is 2. The lowest BCUT2D eigenvalue weighted by atomic mass is 9.76. The zero-order valence-corrected chi connectivity index (χ0v) is 15.3. The topological polar surface area (TPSA) is 78.7 Å². The lowest BCUT2D eigenvalue weighted by molar-refractivity contribution is -0.137. The van der Waals surface area contributed by atoms with Gasteiger partial charge in [-0.25, -0.2) is 4.79 Å². The Morgan fingerprint density at radius 3 is 2.04 bits per heavy atom. The van der Waals surface area contributed by atoms with Gasteiger partial charge in [0, 0.05) is 43.8 Å². The Labute approximate surface area is 160 Å². The van der Waals surface area contributed by atoms with Crippen LogP contribution in [0.5, 0.6) is 0 Å². The van der Waals surface area contributed by atoms with Crippen molar-refractivity contribution < 1.29 is 22.8 Å². The van der Waals surface area contributed by atoms with Crippen molar-refractivity contribution in [1.29, 1.82) is 0 Å². The van der Waals surface area contributed by atoms with Gasteiger partial charge in [0.2, 0.25) is 0 Å². The largest absolute Gasteiger partial charge is 0.416 e. The molecule has 0 radical (unpaired) electrons. The third kappa shape index (κ3) is 3.55. The summed E-state index contributed by atoms with van der Waals surface area (Å²) in [6.45, 7) is 1.50. The molecule has 1 saturated heterocycles. The van der Waals surface area contributed by atoms with Crippen molar-refractivity contribution in [2.24, 2.45) is 11.1 Å². The van der Waals surface area contributed by atoms with Crippen molar-refractivity contribution in [3.63, 3.8) is 0 Å². The normalized spacial score (nSPS) is 29.4. The van der Waals surface area contributed by atoms with Gasteiger partial charge in [0.05, 0.1) is 5.56 Å². The van der Waals surface area contributed by atoms with Gasteiger partial charge in [-0.15, -0.1) is 0 Å². The van der Waals surface area contributed by atoms with Gasteiger partial charge in [-0.05, 0) is 48.9 Å². The fraction of sp³-hybridized carbons (Fsp3) is 0.579. The Bertz CT molecular complexity index is 766. The lowest BCUT2D eigenvalue weighted by Crippen LogP contribution is -2.56. The number of amides is 3. The molecule has 1 aromatic carbocycles. The number of nitrogens with zero attached hydrogens (tertiary/aromatic N) is 2. The maximum Gasteiger partial charge on any atom is 0.416 e. The third-order valence-electron chi connectivity index (χ3n) is 6.20. The van der Waals surface area contributed by atoms with Crippen molar-refractivity contribution in [1.82, 2.24) is 15.1 Å². The second-order valence-electron chi connectivity index (χ2n) is 8.08. The van der Waals surface area contributed by atoms with Crippen molar-refractivity contribution >= 4 is 11.9 Å². The van der Waals surface area contributed by atoms with Crippen LogP contribution in [0, 0.1) is 5.41 Å². The summed E-state index contributed by atoms with van der Waals surface area (Å²) < 4.78 is 37.9. The second-order valence-corrected chi connectivity index (χ2v) is 8.08. The molecule has 1 aromatic rings. The molecule has 152 valence electrons. The summed E-state index contributed by atoms with van der Waals surface area (Å²) in [5, 5.41) is 3.02. The monoisotopic (exact) mass is 396 g/mol. The van der Waals surface area contributed by atoms with Gasteiger partial charge in [0.25, 0.3) is 5.91 Å². The molecule has 2 aliphatic carbocycles. The minimum absolute atomic E-state index is 0.129. The SMILES string of the molecule is NC1CC12CC(NC(=O)N1CCN(C(=O)c3ccc(C(F)(F)F)cc3)CC1)C2. The van der Waals surface area contributed by atoms with Gasteiger partial charge in [-0.1, -0.05) is 0 Å². The molecule has 3 aliphatic rings. The predicted octanol–water partition coefficient (Wildman–Crippen LogP) is 2.05. The summed E-state index contributed by atoms with van der Waals surface area (Å²) in [5.41, 5.74) is 5.60. The molecule has 4 rings (SSSR count). The summed E-state index contributed by atoms with van der Waals surface area (Å²) >= 11 is 0. The quantitative estimate of drug-likeness (QED) is 0.803. The Morgan fingerprint density at radius 1 is 1.00 bits per heavy atom. The van der Waals surface area contributed by atoms with Gasteiger partial charge in [0.15, 0.2) is 0 Å². The van der Waals surface area contributed by atoms with Gasteiger partial charge in [0.1, 0.15) is 0 Å². The van der Waals surface area contributed by atoms with Crippen LogP contribution in [0.4, 0.5) is 18.0 Å². The van der Waals surface area contributed by atoms with Crippen LogP contribution in [0.15, 0.2) is 24.3 Å². The first-order valence-electron chi connectivity index (χ1n) is 9.45. The van der Waals surface area contributed by atoms with Gasteiger partial charge < -0.3 is 20.9 Å². The average molecular weight is 396 g/mol. The summed E-state index contributed by atoms with van der Waals surface area (Å²) in [6.07, 6.45) is -1.51. The fourth-order valence-corrected chi connectivity index (χ4v) is 4.24. The minimum atomic E-state index is -4.43. The standard InChI is InChI=1S/C19H23F3N4O2/c20-19(21,22)13-3-1-12(2-4-13)16(27)25-5-7-26(8-6-25)17(28)24-14-9-18(10-14)11-15(18)23/h1-4,14-15H,5-11,23H2,(H,24,28). The van der Waals surface area contributed by atoms with E-state index in [4.69, 9.17) is 5.73 Å². The summed E-state index contributed by atoms with van der Waals surface area (Å²) in [5.74, 6) is -0.322.